The van der Waals surface area contributed by atoms with Gasteiger partial charge in [0, 0.05) is 30.4 Å². The topological polar surface area (TPSA) is 67.1 Å². The van der Waals surface area contributed by atoms with Crippen LogP contribution in [-0.4, -0.2) is 27.7 Å². The molecule has 1 fully saturated rings. The first kappa shape index (κ1) is 14.8. The van der Waals surface area contributed by atoms with E-state index in [4.69, 9.17) is 4.52 Å². The summed E-state index contributed by atoms with van der Waals surface area (Å²) in [6, 6.07) is 4.32. The molecule has 0 aromatic carbocycles. The maximum atomic E-state index is 5.08. The molecule has 2 aromatic rings. The second-order valence-corrected chi connectivity index (χ2v) is 5.89. The molecule has 0 spiro atoms. The molecule has 22 heavy (non-hydrogen) atoms. The van der Waals surface area contributed by atoms with Crippen molar-refractivity contribution in [2.45, 2.75) is 52.5 Å². The summed E-state index contributed by atoms with van der Waals surface area (Å²) < 4.78 is 5.08. The molecule has 1 saturated heterocycles. The van der Waals surface area contributed by atoms with Gasteiger partial charge < -0.3 is 14.7 Å². The lowest BCUT2D eigenvalue weighted by atomic mass is 10.0. The normalized spacial score (nSPS) is 18.5. The molecule has 6 nitrogen and oxygen atoms in total. The average Bonchev–Trinajstić information content (AvgIpc) is 2.91. The van der Waals surface area contributed by atoms with Gasteiger partial charge in [-0.1, -0.05) is 12.1 Å². The Hall–Kier alpha value is -2.11. The van der Waals surface area contributed by atoms with E-state index in [0.717, 1.165) is 36.2 Å². The molecule has 118 valence electrons. The first-order chi connectivity index (χ1) is 10.7. The van der Waals surface area contributed by atoms with Crippen molar-refractivity contribution in [1.29, 1.82) is 0 Å². The van der Waals surface area contributed by atoms with E-state index in [9.17, 15) is 0 Å². The molecule has 0 saturated carbocycles. The number of hydrogen-bond donors (Lipinski definition) is 1. The van der Waals surface area contributed by atoms with E-state index in [2.05, 4.69) is 32.3 Å². The molecule has 1 N–H and O–H groups in total. The Morgan fingerprint density at radius 2 is 2.09 bits per heavy atom. The van der Waals surface area contributed by atoms with Crippen LogP contribution in [0.2, 0.25) is 0 Å². The summed E-state index contributed by atoms with van der Waals surface area (Å²) in [5.74, 6) is 3.02. The third-order valence-electron chi connectivity index (χ3n) is 4.08. The van der Waals surface area contributed by atoms with Gasteiger partial charge in [0.25, 0.3) is 0 Å². The van der Waals surface area contributed by atoms with Crippen LogP contribution in [0, 0.1) is 13.8 Å². The van der Waals surface area contributed by atoms with E-state index in [1.54, 1.807) is 0 Å². The minimum absolute atomic E-state index is 0.540. The van der Waals surface area contributed by atoms with Gasteiger partial charge in [-0.3, -0.25) is 0 Å². The van der Waals surface area contributed by atoms with Crippen molar-refractivity contribution in [3.63, 3.8) is 0 Å². The van der Waals surface area contributed by atoms with Crippen LogP contribution in [0.5, 0.6) is 0 Å². The van der Waals surface area contributed by atoms with Gasteiger partial charge in [0.15, 0.2) is 5.82 Å². The maximum absolute atomic E-state index is 5.08. The Morgan fingerprint density at radius 1 is 1.23 bits per heavy atom. The van der Waals surface area contributed by atoms with Gasteiger partial charge >= 0.3 is 0 Å². The zero-order valence-corrected chi connectivity index (χ0v) is 13.5. The lowest BCUT2D eigenvalue weighted by molar-refractivity contribution is 0.400. The van der Waals surface area contributed by atoms with Crippen molar-refractivity contribution >= 4 is 17.6 Å². The van der Waals surface area contributed by atoms with Gasteiger partial charge in [-0.2, -0.15) is 4.98 Å². The monoisotopic (exact) mass is 301 g/mol. The molecule has 0 amide bonds. The predicted octanol–water partition coefficient (Wildman–Crippen LogP) is 3.59. The third-order valence-corrected chi connectivity index (χ3v) is 4.08. The van der Waals surface area contributed by atoms with Crippen molar-refractivity contribution < 1.29 is 4.52 Å². The predicted molar refractivity (Wildman–Crippen MR) is 86.6 cm³/mol. The standard InChI is InChI=1S/C16H23N5O/c1-4-13-7-5-6-8-21(13)16-17-11(2)9-14(19-16)18-15-10-12(3)22-20-15/h9-10,13H,4-8H2,1-3H3,(H,17,18,19,20). The summed E-state index contributed by atoms with van der Waals surface area (Å²) in [6.45, 7) is 7.13. The lowest BCUT2D eigenvalue weighted by Gasteiger charge is -2.35. The first-order valence-corrected chi connectivity index (χ1v) is 7.98. The summed E-state index contributed by atoms with van der Waals surface area (Å²) in [4.78, 5) is 11.7. The van der Waals surface area contributed by atoms with Crippen LogP contribution in [0.25, 0.3) is 0 Å². The van der Waals surface area contributed by atoms with Crippen LogP contribution < -0.4 is 10.2 Å². The SMILES string of the molecule is CCC1CCCCN1c1nc(C)cc(Nc2cc(C)on2)n1. The fraction of sp³-hybridized carbons (Fsp3) is 0.562. The van der Waals surface area contributed by atoms with E-state index >= 15 is 0 Å². The van der Waals surface area contributed by atoms with Crippen molar-refractivity contribution in [3.05, 3.63) is 23.6 Å². The number of rotatable bonds is 4. The number of nitrogens with one attached hydrogen (secondary N) is 1. The molecule has 0 bridgehead atoms. The summed E-state index contributed by atoms with van der Waals surface area (Å²) in [6.07, 6.45) is 4.85. The van der Waals surface area contributed by atoms with Crippen LogP contribution in [-0.2, 0) is 0 Å². The van der Waals surface area contributed by atoms with Crippen LogP contribution in [0.4, 0.5) is 17.6 Å². The van der Waals surface area contributed by atoms with Gasteiger partial charge in [0.2, 0.25) is 5.95 Å². The number of anilines is 3. The third kappa shape index (κ3) is 3.21. The summed E-state index contributed by atoms with van der Waals surface area (Å²) >= 11 is 0. The fourth-order valence-corrected chi connectivity index (χ4v) is 2.99. The summed E-state index contributed by atoms with van der Waals surface area (Å²) in [7, 11) is 0. The van der Waals surface area contributed by atoms with Crippen LogP contribution in [0.1, 0.15) is 44.1 Å². The van der Waals surface area contributed by atoms with Crippen molar-refractivity contribution in [2.75, 3.05) is 16.8 Å². The van der Waals surface area contributed by atoms with Gasteiger partial charge in [-0.25, -0.2) is 4.98 Å². The lowest BCUT2D eigenvalue weighted by Crippen LogP contribution is -2.40. The van der Waals surface area contributed by atoms with E-state index < -0.39 is 0 Å². The second-order valence-electron chi connectivity index (χ2n) is 5.89. The molecule has 0 radical (unpaired) electrons. The fourth-order valence-electron chi connectivity index (χ4n) is 2.99. The maximum Gasteiger partial charge on any atom is 0.227 e. The van der Waals surface area contributed by atoms with Gasteiger partial charge in [-0.05, 0) is 39.5 Å². The van der Waals surface area contributed by atoms with Crippen molar-refractivity contribution in [1.82, 2.24) is 15.1 Å². The van der Waals surface area contributed by atoms with Gasteiger partial charge in [0.1, 0.15) is 11.6 Å². The number of aromatic nitrogens is 3. The molecule has 1 atom stereocenters. The highest BCUT2D eigenvalue weighted by molar-refractivity contribution is 5.54. The zero-order chi connectivity index (χ0) is 15.5. The Bertz CT molecular complexity index is 639. The minimum Gasteiger partial charge on any atom is -0.360 e. The first-order valence-electron chi connectivity index (χ1n) is 7.98. The van der Waals surface area contributed by atoms with E-state index in [1.165, 1.54) is 19.3 Å². The summed E-state index contributed by atoms with van der Waals surface area (Å²) in [5.41, 5.74) is 0.952. The molecule has 6 heteroatoms. The second kappa shape index (κ2) is 6.34. The van der Waals surface area contributed by atoms with Crippen LogP contribution in [0.3, 0.4) is 0 Å². The number of piperidine rings is 1. The van der Waals surface area contributed by atoms with E-state index in [-0.39, 0.29) is 0 Å². The van der Waals surface area contributed by atoms with Crippen LogP contribution >= 0.6 is 0 Å². The van der Waals surface area contributed by atoms with Gasteiger partial charge in [0.05, 0.1) is 0 Å². The number of hydrogen-bond acceptors (Lipinski definition) is 6. The molecular formula is C16H23N5O. The van der Waals surface area contributed by atoms with Gasteiger partial charge in [-0.15, -0.1) is 0 Å². The molecule has 2 aromatic heterocycles. The largest absolute Gasteiger partial charge is 0.360 e. The average molecular weight is 301 g/mol. The Kier molecular flexibility index (Phi) is 4.27. The minimum atomic E-state index is 0.540. The van der Waals surface area contributed by atoms with E-state index in [0.29, 0.717) is 11.9 Å². The molecule has 0 aliphatic carbocycles. The molecular weight excluding hydrogens is 278 g/mol. The summed E-state index contributed by atoms with van der Waals surface area (Å²) in [5, 5.41) is 7.15. The van der Waals surface area contributed by atoms with Crippen LogP contribution in [0.15, 0.2) is 16.7 Å². The number of aryl methyl sites for hydroxylation is 2. The number of nitrogens with zero attached hydrogens (tertiary/aromatic N) is 4. The molecule has 1 aliphatic heterocycles. The van der Waals surface area contributed by atoms with E-state index in [1.807, 2.05) is 26.0 Å². The quantitative estimate of drug-likeness (QED) is 0.930. The zero-order valence-electron chi connectivity index (χ0n) is 13.5. The molecule has 3 heterocycles. The van der Waals surface area contributed by atoms with Crippen molar-refractivity contribution in [2.24, 2.45) is 0 Å². The Morgan fingerprint density at radius 3 is 2.82 bits per heavy atom. The molecule has 1 unspecified atom stereocenters. The Balaban J connectivity index is 1.85. The molecule has 1 aliphatic rings. The Labute approximate surface area is 130 Å². The smallest absolute Gasteiger partial charge is 0.227 e. The molecule has 3 rings (SSSR count). The van der Waals surface area contributed by atoms with Crippen molar-refractivity contribution in [3.8, 4) is 0 Å². The highest BCUT2D eigenvalue weighted by Gasteiger charge is 2.23. The highest BCUT2D eigenvalue weighted by Crippen LogP contribution is 2.25. The highest BCUT2D eigenvalue weighted by atomic mass is 16.5.